The maximum absolute atomic E-state index is 4.16. The van der Waals surface area contributed by atoms with Crippen LogP contribution < -0.4 is 5.32 Å². The van der Waals surface area contributed by atoms with Crippen LogP contribution in [-0.2, 0) is 0 Å². The van der Waals surface area contributed by atoms with E-state index in [2.05, 4.69) is 22.5 Å². The van der Waals surface area contributed by atoms with Crippen molar-refractivity contribution < 1.29 is 0 Å². The predicted octanol–water partition coefficient (Wildman–Crippen LogP) is 2.27. The summed E-state index contributed by atoms with van der Waals surface area (Å²) in [5.41, 5.74) is 0. The number of anilines is 1. The zero-order valence-corrected chi connectivity index (χ0v) is 6.97. The van der Waals surface area contributed by atoms with Crippen LogP contribution in [0.1, 0.15) is 12.8 Å². The quantitative estimate of drug-likeness (QED) is 0.682. The molecule has 58 valence electrons. The zero-order chi connectivity index (χ0) is 7.52. The molecule has 1 aliphatic carbocycles. The van der Waals surface area contributed by atoms with E-state index in [9.17, 15) is 0 Å². The van der Waals surface area contributed by atoms with Gasteiger partial charge in [-0.3, -0.25) is 0 Å². The van der Waals surface area contributed by atoms with Crippen molar-refractivity contribution in [3.63, 3.8) is 0 Å². The fourth-order valence-electron chi connectivity index (χ4n) is 1.20. The molecular formula is C8H10N2S. The van der Waals surface area contributed by atoms with Gasteiger partial charge in [0.25, 0.3) is 0 Å². The summed E-state index contributed by atoms with van der Waals surface area (Å²) in [7, 11) is 0. The van der Waals surface area contributed by atoms with Crippen LogP contribution in [0.2, 0.25) is 0 Å². The van der Waals surface area contributed by atoms with Crippen molar-refractivity contribution in [1.29, 1.82) is 0 Å². The van der Waals surface area contributed by atoms with Crippen molar-refractivity contribution >= 4 is 16.5 Å². The van der Waals surface area contributed by atoms with Gasteiger partial charge in [-0.05, 0) is 12.8 Å². The van der Waals surface area contributed by atoms with Crippen molar-refractivity contribution in [2.24, 2.45) is 0 Å². The lowest BCUT2D eigenvalue weighted by molar-refractivity contribution is 0.785. The molecule has 11 heavy (non-hydrogen) atoms. The molecule has 1 aromatic rings. The number of hydrogen-bond acceptors (Lipinski definition) is 3. The summed E-state index contributed by atoms with van der Waals surface area (Å²) in [6, 6.07) is 0.584. The highest BCUT2D eigenvalue weighted by atomic mass is 32.1. The molecule has 2 nitrogen and oxygen atoms in total. The number of aromatic nitrogens is 1. The van der Waals surface area contributed by atoms with Crippen LogP contribution in [0.15, 0.2) is 23.7 Å². The van der Waals surface area contributed by atoms with E-state index in [1.807, 2.05) is 11.6 Å². The van der Waals surface area contributed by atoms with E-state index in [0.717, 1.165) is 18.0 Å². The minimum Gasteiger partial charge on any atom is -0.358 e. The summed E-state index contributed by atoms with van der Waals surface area (Å²) in [5.74, 6) is 0. The number of nitrogens with zero attached hydrogens (tertiary/aromatic N) is 1. The van der Waals surface area contributed by atoms with Crippen molar-refractivity contribution in [2.75, 3.05) is 5.32 Å². The molecule has 0 unspecified atom stereocenters. The van der Waals surface area contributed by atoms with E-state index in [1.54, 1.807) is 11.3 Å². The minimum atomic E-state index is 0.584. The third-order valence-electron chi connectivity index (χ3n) is 1.77. The van der Waals surface area contributed by atoms with Crippen molar-refractivity contribution in [1.82, 2.24) is 4.98 Å². The van der Waals surface area contributed by atoms with E-state index in [0.29, 0.717) is 6.04 Å². The van der Waals surface area contributed by atoms with Gasteiger partial charge in [-0.2, -0.15) is 0 Å². The van der Waals surface area contributed by atoms with Gasteiger partial charge in [-0.25, -0.2) is 4.98 Å². The molecule has 1 N–H and O–H groups in total. The largest absolute Gasteiger partial charge is 0.358 e. The Balaban J connectivity index is 1.91. The van der Waals surface area contributed by atoms with Crippen molar-refractivity contribution in [3.8, 4) is 0 Å². The minimum absolute atomic E-state index is 0.584. The summed E-state index contributed by atoms with van der Waals surface area (Å²) in [5, 5.41) is 6.40. The molecule has 0 fully saturated rings. The van der Waals surface area contributed by atoms with E-state index < -0.39 is 0 Å². The Morgan fingerprint density at radius 3 is 2.91 bits per heavy atom. The SMILES string of the molecule is C1=CCC(Nc2nccs2)C1. The lowest BCUT2D eigenvalue weighted by atomic mass is 10.2. The van der Waals surface area contributed by atoms with Gasteiger partial charge in [0.2, 0.25) is 0 Å². The fraction of sp³-hybridized carbons (Fsp3) is 0.375. The molecule has 0 bridgehead atoms. The second-order valence-corrected chi connectivity index (χ2v) is 3.52. The first-order valence-electron chi connectivity index (χ1n) is 3.76. The van der Waals surface area contributed by atoms with Crippen LogP contribution in [0.5, 0.6) is 0 Å². The van der Waals surface area contributed by atoms with Crippen LogP contribution >= 0.6 is 11.3 Å². The highest BCUT2D eigenvalue weighted by Gasteiger charge is 2.09. The molecule has 0 radical (unpaired) electrons. The Kier molecular flexibility index (Phi) is 1.90. The monoisotopic (exact) mass is 166 g/mol. The standard InChI is InChI=1S/C8H10N2S/c1-2-4-7(3-1)10-8-9-5-6-11-8/h1-2,5-7H,3-4H2,(H,9,10). The molecule has 0 saturated carbocycles. The topological polar surface area (TPSA) is 24.9 Å². The zero-order valence-electron chi connectivity index (χ0n) is 6.16. The van der Waals surface area contributed by atoms with Crippen LogP contribution in [0.25, 0.3) is 0 Å². The molecule has 0 atom stereocenters. The molecule has 2 rings (SSSR count). The van der Waals surface area contributed by atoms with E-state index >= 15 is 0 Å². The summed E-state index contributed by atoms with van der Waals surface area (Å²) >= 11 is 1.66. The molecule has 0 aromatic carbocycles. The third-order valence-corrected chi connectivity index (χ3v) is 2.47. The van der Waals surface area contributed by atoms with Crippen LogP contribution in [0.4, 0.5) is 5.13 Å². The van der Waals surface area contributed by atoms with E-state index in [1.165, 1.54) is 0 Å². The van der Waals surface area contributed by atoms with Crippen LogP contribution in [-0.4, -0.2) is 11.0 Å². The number of rotatable bonds is 2. The lowest BCUT2D eigenvalue weighted by Gasteiger charge is -2.09. The van der Waals surface area contributed by atoms with E-state index in [-0.39, 0.29) is 0 Å². The van der Waals surface area contributed by atoms with Crippen molar-refractivity contribution in [3.05, 3.63) is 23.7 Å². The fourth-order valence-corrected chi connectivity index (χ4v) is 1.81. The average Bonchev–Trinajstić information content (AvgIpc) is 2.60. The summed E-state index contributed by atoms with van der Waals surface area (Å²) in [6.07, 6.45) is 8.53. The lowest BCUT2D eigenvalue weighted by Crippen LogP contribution is -2.14. The second kappa shape index (κ2) is 3.05. The molecule has 0 amide bonds. The Morgan fingerprint density at radius 2 is 2.27 bits per heavy atom. The smallest absolute Gasteiger partial charge is 0.182 e. The molecule has 0 aliphatic heterocycles. The molecule has 0 spiro atoms. The van der Waals surface area contributed by atoms with Gasteiger partial charge in [0.15, 0.2) is 5.13 Å². The number of nitrogens with one attached hydrogen (secondary N) is 1. The highest BCUT2D eigenvalue weighted by Crippen LogP contribution is 2.18. The van der Waals surface area contributed by atoms with Gasteiger partial charge >= 0.3 is 0 Å². The van der Waals surface area contributed by atoms with Gasteiger partial charge in [0.1, 0.15) is 0 Å². The third kappa shape index (κ3) is 1.60. The Labute approximate surface area is 70.0 Å². The molecule has 0 saturated heterocycles. The highest BCUT2D eigenvalue weighted by molar-refractivity contribution is 7.13. The summed E-state index contributed by atoms with van der Waals surface area (Å²) in [6.45, 7) is 0. The van der Waals surface area contributed by atoms with Gasteiger partial charge in [0.05, 0.1) is 0 Å². The first-order valence-corrected chi connectivity index (χ1v) is 4.64. The molecule has 3 heteroatoms. The van der Waals surface area contributed by atoms with Gasteiger partial charge in [-0.15, -0.1) is 11.3 Å². The molecule has 1 heterocycles. The summed E-state index contributed by atoms with van der Waals surface area (Å²) < 4.78 is 0. The summed E-state index contributed by atoms with van der Waals surface area (Å²) in [4.78, 5) is 4.16. The predicted molar refractivity (Wildman–Crippen MR) is 47.9 cm³/mol. The first kappa shape index (κ1) is 6.85. The molecule has 1 aromatic heterocycles. The van der Waals surface area contributed by atoms with Gasteiger partial charge < -0.3 is 5.32 Å². The van der Waals surface area contributed by atoms with Crippen LogP contribution in [0, 0.1) is 0 Å². The molecular weight excluding hydrogens is 156 g/mol. The van der Waals surface area contributed by atoms with E-state index in [4.69, 9.17) is 0 Å². The van der Waals surface area contributed by atoms with Gasteiger partial charge in [-0.1, -0.05) is 12.2 Å². The Hall–Kier alpha value is -0.830. The average molecular weight is 166 g/mol. The second-order valence-electron chi connectivity index (χ2n) is 2.62. The number of hydrogen-bond donors (Lipinski definition) is 1. The van der Waals surface area contributed by atoms with Gasteiger partial charge in [0, 0.05) is 17.6 Å². The Bertz CT molecular complexity index is 233. The Morgan fingerprint density at radius 1 is 1.45 bits per heavy atom. The van der Waals surface area contributed by atoms with Crippen molar-refractivity contribution in [2.45, 2.75) is 18.9 Å². The first-order chi connectivity index (χ1) is 5.45. The normalized spacial score (nSPS) is 17.5. The van der Waals surface area contributed by atoms with Crippen LogP contribution in [0.3, 0.4) is 0 Å². The maximum Gasteiger partial charge on any atom is 0.182 e. The molecule has 1 aliphatic rings. The maximum atomic E-state index is 4.16. The number of thiazole rings is 1.